The molecule has 0 radical (unpaired) electrons. The number of para-hydroxylation sites is 1. The minimum absolute atomic E-state index is 0. The van der Waals surface area contributed by atoms with Crippen molar-refractivity contribution in [3.8, 4) is 0 Å². The summed E-state index contributed by atoms with van der Waals surface area (Å²) in [5, 5.41) is 6.91. The molecule has 2 saturated heterocycles. The molecule has 1 amide bonds. The fraction of sp³-hybridized carbons (Fsp3) is 0.667. The average molecular weight is 555 g/mol. The van der Waals surface area contributed by atoms with Crippen molar-refractivity contribution >= 4 is 41.5 Å². The summed E-state index contributed by atoms with van der Waals surface area (Å²) in [5.41, 5.74) is 1.24. The van der Waals surface area contributed by atoms with Crippen LogP contribution in [0, 0.1) is 0 Å². The molecule has 1 atom stereocenters. The van der Waals surface area contributed by atoms with Crippen LogP contribution in [0.3, 0.4) is 0 Å². The number of carbonyl (C=O) groups is 1. The van der Waals surface area contributed by atoms with Crippen LogP contribution in [-0.2, 0) is 4.79 Å². The first-order chi connectivity index (χ1) is 15.2. The number of piperazine rings is 1. The van der Waals surface area contributed by atoms with Gasteiger partial charge in [-0.05, 0) is 31.4 Å². The molecule has 3 aliphatic rings. The van der Waals surface area contributed by atoms with Crippen molar-refractivity contribution in [1.29, 1.82) is 0 Å². The van der Waals surface area contributed by atoms with E-state index in [1.807, 2.05) is 18.0 Å². The molecule has 4 rings (SSSR count). The molecule has 0 bridgehead atoms. The lowest BCUT2D eigenvalue weighted by atomic mass is 10.2. The maximum absolute atomic E-state index is 12.6. The molecule has 7 nitrogen and oxygen atoms in total. The summed E-state index contributed by atoms with van der Waals surface area (Å²) in [5.74, 6) is 1.05. The van der Waals surface area contributed by atoms with Gasteiger partial charge in [-0.15, -0.1) is 24.0 Å². The number of carbonyl (C=O) groups excluding carboxylic acids is 1. The van der Waals surface area contributed by atoms with Crippen LogP contribution in [-0.4, -0.2) is 86.6 Å². The molecule has 8 heteroatoms. The summed E-state index contributed by atoms with van der Waals surface area (Å²) in [6.45, 7) is 6.29. The third kappa shape index (κ3) is 6.73. The molecule has 1 aromatic carbocycles. The Balaban J connectivity index is 0.00000289. The molecule has 0 spiro atoms. The molecule has 0 aromatic heterocycles. The second-order valence-electron chi connectivity index (χ2n) is 9.02. The topological polar surface area (TPSA) is 63.2 Å². The molecule has 1 aromatic rings. The maximum Gasteiger partial charge on any atom is 0.224 e. The van der Waals surface area contributed by atoms with Crippen molar-refractivity contribution in [3.63, 3.8) is 0 Å². The summed E-state index contributed by atoms with van der Waals surface area (Å²) in [6, 6.07) is 11.7. The zero-order chi connectivity index (χ0) is 21.5. The largest absolute Gasteiger partial charge is 0.368 e. The van der Waals surface area contributed by atoms with Crippen molar-refractivity contribution in [2.24, 2.45) is 4.99 Å². The maximum atomic E-state index is 12.6. The number of nitrogens with zero attached hydrogens (tertiary/aromatic N) is 4. The van der Waals surface area contributed by atoms with E-state index >= 15 is 0 Å². The molecule has 1 saturated carbocycles. The third-order valence-electron chi connectivity index (χ3n) is 7.01. The van der Waals surface area contributed by atoms with Gasteiger partial charge in [0, 0.05) is 77.1 Å². The Morgan fingerprint density at radius 1 is 1.03 bits per heavy atom. The molecule has 2 N–H and O–H groups in total. The van der Waals surface area contributed by atoms with Gasteiger partial charge in [0.1, 0.15) is 0 Å². The quantitative estimate of drug-likeness (QED) is 0.322. The second-order valence-corrected chi connectivity index (χ2v) is 9.02. The number of anilines is 1. The van der Waals surface area contributed by atoms with Gasteiger partial charge in [0.25, 0.3) is 0 Å². The van der Waals surface area contributed by atoms with Gasteiger partial charge in [0.15, 0.2) is 5.96 Å². The summed E-state index contributed by atoms with van der Waals surface area (Å²) in [6.07, 6.45) is 7.17. The number of amides is 1. The number of hydrogen-bond acceptors (Lipinski definition) is 4. The summed E-state index contributed by atoms with van der Waals surface area (Å²) < 4.78 is 0. The van der Waals surface area contributed by atoms with E-state index in [9.17, 15) is 4.79 Å². The van der Waals surface area contributed by atoms with Gasteiger partial charge < -0.3 is 20.4 Å². The van der Waals surface area contributed by atoms with Crippen molar-refractivity contribution in [2.75, 3.05) is 57.8 Å². The van der Waals surface area contributed by atoms with Crippen molar-refractivity contribution in [2.45, 2.75) is 50.6 Å². The van der Waals surface area contributed by atoms with E-state index in [0.717, 1.165) is 44.7 Å². The van der Waals surface area contributed by atoms with Gasteiger partial charge in [0.05, 0.1) is 0 Å². The fourth-order valence-electron chi connectivity index (χ4n) is 5.19. The number of rotatable bonds is 6. The summed E-state index contributed by atoms with van der Waals surface area (Å²) in [7, 11) is 1.81. The summed E-state index contributed by atoms with van der Waals surface area (Å²) >= 11 is 0. The van der Waals surface area contributed by atoms with Crippen LogP contribution in [0.15, 0.2) is 35.3 Å². The Labute approximate surface area is 210 Å². The van der Waals surface area contributed by atoms with Gasteiger partial charge in [0.2, 0.25) is 5.91 Å². The monoisotopic (exact) mass is 554 g/mol. The molecular weight excluding hydrogens is 515 g/mol. The number of benzene rings is 1. The normalized spacial score (nSPS) is 22.7. The third-order valence-corrected chi connectivity index (χ3v) is 7.01. The first-order valence-corrected chi connectivity index (χ1v) is 12.0. The highest BCUT2D eigenvalue weighted by Crippen LogP contribution is 2.26. The minimum atomic E-state index is 0. The van der Waals surface area contributed by atoms with E-state index < -0.39 is 0 Å². The zero-order valence-corrected chi connectivity index (χ0v) is 21.7. The van der Waals surface area contributed by atoms with Gasteiger partial charge in [-0.2, -0.15) is 0 Å². The minimum Gasteiger partial charge on any atom is -0.368 e. The van der Waals surface area contributed by atoms with Crippen molar-refractivity contribution in [3.05, 3.63) is 30.3 Å². The Bertz CT molecular complexity index is 731. The van der Waals surface area contributed by atoms with Crippen LogP contribution in [0.2, 0.25) is 0 Å². The Morgan fingerprint density at radius 3 is 2.44 bits per heavy atom. The Hall–Kier alpha value is -1.55. The van der Waals surface area contributed by atoms with E-state index in [4.69, 9.17) is 0 Å². The number of nitrogens with one attached hydrogen (secondary N) is 2. The highest BCUT2D eigenvalue weighted by Gasteiger charge is 2.30. The fourth-order valence-corrected chi connectivity index (χ4v) is 5.19. The number of guanidine groups is 1. The molecule has 32 heavy (non-hydrogen) atoms. The standard InChI is InChI=1S/C24H38N6O.HI/c1-25-24(27-20-12-14-30(19-20)22-9-5-6-10-22)26-13-11-23(31)29-17-15-28(16-18-29)21-7-3-2-4-8-21;/h2-4,7-8,20,22H,5-6,9-19H2,1H3,(H2,25,26,27);1H. The van der Waals surface area contributed by atoms with E-state index in [1.54, 1.807) is 0 Å². The van der Waals surface area contributed by atoms with Crippen LogP contribution < -0.4 is 15.5 Å². The van der Waals surface area contributed by atoms with E-state index in [2.05, 4.69) is 49.7 Å². The van der Waals surface area contributed by atoms with Crippen LogP contribution in [0.25, 0.3) is 0 Å². The van der Waals surface area contributed by atoms with Gasteiger partial charge in [-0.25, -0.2) is 0 Å². The lowest BCUT2D eigenvalue weighted by molar-refractivity contribution is -0.131. The summed E-state index contributed by atoms with van der Waals surface area (Å²) in [4.78, 5) is 24.0. The number of aliphatic imine (C=N–C) groups is 1. The van der Waals surface area contributed by atoms with Crippen molar-refractivity contribution < 1.29 is 4.79 Å². The van der Waals surface area contributed by atoms with Gasteiger partial charge in [-0.3, -0.25) is 14.7 Å². The van der Waals surface area contributed by atoms with E-state index in [1.165, 1.54) is 44.3 Å². The number of likely N-dealkylation sites (tertiary alicyclic amines) is 1. The first kappa shape index (κ1) is 25.1. The van der Waals surface area contributed by atoms with Gasteiger partial charge in [-0.1, -0.05) is 31.0 Å². The van der Waals surface area contributed by atoms with E-state index in [-0.39, 0.29) is 29.9 Å². The van der Waals surface area contributed by atoms with Crippen LogP contribution in [0.5, 0.6) is 0 Å². The molecule has 178 valence electrons. The number of halogens is 1. The highest BCUT2D eigenvalue weighted by atomic mass is 127. The predicted octanol–water partition coefficient (Wildman–Crippen LogP) is 2.53. The molecule has 2 heterocycles. The predicted molar refractivity (Wildman–Crippen MR) is 142 cm³/mol. The smallest absolute Gasteiger partial charge is 0.224 e. The van der Waals surface area contributed by atoms with E-state index in [0.29, 0.717) is 19.0 Å². The van der Waals surface area contributed by atoms with Crippen LogP contribution >= 0.6 is 24.0 Å². The van der Waals surface area contributed by atoms with Crippen LogP contribution in [0.1, 0.15) is 38.5 Å². The van der Waals surface area contributed by atoms with Crippen LogP contribution in [0.4, 0.5) is 5.69 Å². The Kier molecular flexibility index (Phi) is 9.90. The molecular formula is C24H39IN6O. The first-order valence-electron chi connectivity index (χ1n) is 12.0. The number of hydrogen-bond donors (Lipinski definition) is 2. The molecule has 3 fully saturated rings. The molecule has 1 unspecified atom stereocenters. The average Bonchev–Trinajstić information content (AvgIpc) is 3.51. The lowest BCUT2D eigenvalue weighted by Gasteiger charge is -2.36. The highest BCUT2D eigenvalue weighted by molar-refractivity contribution is 14.0. The Morgan fingerprint density at radius 2 is 1.75 bits per heavy atom. The molecule has 1 aliphatic carbocycles. The lowest BCUT2D eigenvalue weighted by Crippen LogP contribution is -2.50. The SMILES string of the molecule is CN=C(NCCC(=O)N1CCN(c2ccccc2)CC1)NC1CCN(C2CCCC2)C1.I. The molecule has 2 aliphatic heterocycles. The van der Waals surface area contributed by atoms with Crippen molar-refractivity contribution in [1.82, 2.24) is 20.4 Å². The zero-order valence-electron chi connectivity index (χ0n) is 19.3. The van der Waals surface area contributed by atoms with Gasteiger partial charge >= 0.3 is 0 Å². The second kappa shape index (κ2) is 12.6.